The Morgan fingerprint density at radius 1 is 0.591 bits per heavy atom. The molecule has 5 nitrogen and oxygen atoms in total. The Labute approximate surface area is 256 Å². The van der Waals surface area contributed by atoms with Crippen molar-refractivity contribution < 1.29 is 8.83 Å². The molecule has 5 aromatic carbocycles. The number of hydrogen-bond acceptors (Lipinski definition) is 5. The van der Waals surface area contributed by atoms with Gasteiger partial charge in [-0.05, 0) is 108 Å². The van der Waals surface area contributed by atoms with Crippen molar-refractivity contribution in [2.75, 3.05) is 36.0 Å². The quantitative estimate of drug-likeness (QED) is 0.205. The number of anilines is 2. The molecule has 5 heteroatoms. The van der Waals surface area contributed by atoms with E-state index >= 15 is 0 Å². The maximum atomic E-state index is 10.1. The lowest BCUT2D eigenvalue weighted by atomic mass is 9.97. The van der Waals surface area contributed by atoms with E-state index in [0.29, 0.717) is 11.1 Å². The zero-order valence-electron chi connectivity index (χ0n) is 25.3. The van der Waals surface area contributed by atoms with Crippen LogP contribution in [-0.4, -0.2) is 26.2 Å². The van der Waals surface area contributed by atoms with Gasteiger partial charge in [-0.25, -0.2) is 0 Å². The second-order valence-electron chi connectivity index (χ2n) is 13.4. The SMILES string of the molecule is CC1CCN(c2ccc3cc4c(cc3c2)oc2cc(C#N)c3oc5cc6cc(N7CCC(C)CC7)ccc6cc5c3c24)CC1. The van der Waals surface area contributed by atoms with Crippen LogP contribution >= 0.6 is 0 Å². The minimum absolute atomic E-state index is 0.501. The van der Waals surface area contributed by atoms with Crippen LogP contribution in [0.4, 0.5) is 11.4 Å². The number of benzene rings is 5. The first kappa shape index (κ1) is 25.8. The predicted molar refractivity (Wildman–Crippen MR) is 182 cm³/mol. The van der Waals surface area contributed by atoms with Crippen molar-refractivity contribution in [3.8, 4) is 6.07 Å². The summed E-state index contributed by atoms with van der Waals surface area (Å²) in [5.41, 5.74) is 6.04. The van der Waals surface area contributed by atoms with Crippen LogP contribution in [0.2, 0.25) is 0 Å². The summed E-state index contributed by atoms with van der Waals surface area (Å²) < 4.78 is 13.0. The topological polar surface area (TPSA) is 56.6 Å². The summed E-state index contributed by atoms with van der Waals surface area (Å²) in [5.74, 6) is 1.60. The fourth-order valence-corrected chi connectivity index (χ4v) is 7.68. The molecule has 0 spiro atoms. The van der Waals surface area contributed by atoms with Crippen LogP contribution in [0.1, 0.15) is 45.1 Å². The third-order valence-corrected chi connectivity index (χ3v) is 10.5. The molecule has 2 aromatic heterocycles. The van der Waals surface area contributed by atoms with Crippen LogP contribution in [0.5, 0.6) is 0 Å². The zero-order valence-corrected chi connectivity index (χ0v) is 25.3. The lowest BCUT2D eigenvalue weighted by Crippen LogP contribution is -2.32. The Hall–Kier alpha value is -4.69. The van der Waals surface area contributed by atoms with Gasteiger partial charge in [-0.3, -0.25) is 0 Å². The first-order chi connectivity index (χ1) is 21.5. The fourth-order valence-electron chi connectivity index (χ4n) is 7.68. The summed E-state index contributed by atoms with van der Waals surface area (Å²) >= 11 is 0. The summed E-state index contributed by atoms with van der Waals surface area (Å²) in [7, 11) is 0. The van der Waals surface area contributed by atoms with Crippen LogP contribution in [0.25, 0.3) is 65.4 Å². The van der Waals surface area contributed by atoms with Crippen molar-refractivity contribution in [1.82, 2.24) is 0 Å². The Balaban J connectivity index is 1.22. The van der Waals surface area contributed by atoms with Gasteiger partial charge in [0.15, 0.2) is 5.58 Å². The van der Waals surface area contributed by atoms with Crippen molar-refractivity contribution in [1.29, 1.82) is 5.26 Å². The second-order valence-corrected chi connectivity index (χ2v) is 13.4. The molecule has 0 amide bonds. The normalized spacial score (nSPS) is 17.2. The van der Waals surface area contributed by atoms with Gasteiger partial charge in [0.2, 0.25) is 0 Å². The molecule has 0 atom stereocenters. The number of hydrogen-bond donors (Lipinski definition) is 0. The number of fused-ring (bicyclic) bond motifs is 9. The van der Waals surface area contributed by atoms with Crippen molar-refractivity contribution in [2.45, 2.75) is 39.5 Å². The highest BCUT2D eigenvalue weighted by molar-refractivity contribution is 6.28. The highest BCUT2D eigenvalue weighted by atomic mass is 16.3. The van der Waals surface area contributed by atoms with E-state index in [1.807, 2.05) is 6.07 Å². The largest absolute Gasteiger partial charge is 0.456 e. The van der Waals surface area contributed by atoms with Crippen molar-refractivity contribution >= 4 is 76.8 Å². The minimum atomic E-state index is 0.501. The predicted octanol–water partition coefficient (Wildman–Crippen LogP) is 10.1. The number of nitrogens with zero attached hydrogens (tertiary/aromatic N) is 3. The van der Waals surface area contributed by atoms with Crippen LogP contribution < -0.4 is 9.80 Å². The molecule has 2 saturated heterocycles. The van der Waals surface area contributed by atoms with Crippen LogP contribution in [0, 0.1) is 23.2 Å². The average molecular weight is 578 g/mol. The molecule has 2 fully saturated rings. The van der Waals surface area contributed by atoms with Crippen molar-refractivity contribution in [2.24, 2.45) is 11.8 Å². The molecule has 7 aromatic rings. The summed E-state index contributed by atoms with van der Waals surface area (Å²) in [4.78, 5) is 5.00. The molecule has 0 aliphatic carbocycles. The summed E-state index contributed by atoms with van der Waals surface area (Å²) in [6.07, 6.45) is 4.95. The molecule has 2 aliphatic rings. The molecule has 0 bridgehead atoms. The number of furan rings is 2. The van der Waals surface area contributed by atoms with E-state index in [9.17, 15) is 5.26 Å². The molecule has 218 valence electrons. The molecule has 44 heavy (non-hydrogen) atoms. The van der Waals surface area contributed by atoms with E-state index in [0.717, 1.165) is 81.7 Å². The molecule has 0 saturated carbocycles. The van der Waals surface area contributed by atoms with E-state index in [2.05, 4.69) is 90.4 Å². The van der Waals surface area contributed by atoms with Gasteiger partial charge in [-0.1, -0.05) is 26.0 Å². The van der Waals surface area contributed by atoms with E-state index in [4.69, 9.17) is 8.83 Å². The number of rotatable bonds is 2. The summed E-state index contributed by atoms with van der Waals surface area (Å²) in [6.45, 7) is 9.11. The first-order valence-corrected chi connectivity index (χ1v) is 16.2. The van der Waals surface area contributed by atoms with Gasteiger partial charge in [0, 0.05) is 65.2 Å². The van der Waals surface area contributed by atoms with E-state index in [1.165, 1.54) is 53.2 Å². The van der Waals surface area contributed by atoms with Crippen LogP contribution in [0.3, 0.4) is 0 Å². The average Bonchev–Trinajstić information content (AvgIpc) is 3.59. The van der Waals surface area contributed by atoms with E-state index in [-0.39, 0.29) is 0 Å². The maximum Gasteiger partial charge on any atom is 0.154 e. The smallest absolute Gasteiger partial charge is 0.154 e. The third-order valence-electron chi connectivity index (χ3n) is 10.5. The van der Waals surface area contributed by atoms with Crippen molar-refractivity contribution in [3.05, 3.63) is 72.3 Å². The second kappa shape index (κ2) is 9.66. The molecule has 0 unspecified atom stereocenters. The Morgan fingerprint density at radius 2 is 1.11 bits per heavy atom. The molecular formula is C39H35N3O2. The van der Waals surface area contributed by atoms with Gasteiger partial charge in [-0.15, -0.1) is 0 Å². The van der Waals surface area contributed by atoms with Gasteiger partial charge in [0.05, 0.1) is 5.56 Å². The van der Waals surface area contributed by atoms with Gasteiger partial charge >= 0.3 is 0 Å². The summed E-state index contributed by atoms with van der Waals surface area (Å²) in [6, 6.07) is 26.6. The molecule has 2 aliphatic heterocycles. The monoisotopic (exact) mass is 577 g/mol. The number of nitriles is 1. The number of piperidine rings is 2. The van der Waals surface area contributed by atoms with Gasteiger partial charge in [0.1, 0.15) is 22.8 Å². The molecule has 0 radical (unpaired) electrons. The fraction of sp³-hybridized carbons (Fsp3) is 0.308. The van der Waals surface area contributed by atoms with Gasteiger partial charge in [-0.2, -0.15) is 5.26 Å². The lowest BCUT2D eigenvalue weighted by Gasteiger charge is -2.32. The van der Waals surface area contributed by atoms with Gasteiger partial charge in [0.25, 0.3) is 0 Å². The lowest BCUT2D eigenvalue weighted by molar-refractivity contribution is 0.438. The molecular weight excluding hydrogens is 542 g/mol. The standard InChI is InChI=1S/C39H35N3O2/c1-23-7-11-41(12-8-23)30-5-3-25-17-32-34(19-27(25)15-30)43-36-21-29(22-40)39-38(37(32)36)33-18-26-4-6-31(16-28(26)20-35(33)44-39)42-13-9-24(2)10-14-42/h3-6,15-21,23-24H,7-14H2,1-2H3. The van der Waals surface area contributed by atoms with E-state index < -0.39 is 0 Å². The molecule has 0 N–H and O–H groups in total. The highest BCUT2D eigenvalue weighted by Crippen LogP contribution is 2.44. The first-order valence-electron chi connectivity index (χ1n) is 16.2. The summed E-state index contributed by atoms with van der Waals surface area (Å²) in [5, 5.41) is 18.9. The Bertz CT molecular complexity index is 2300. The van der Waals surface area contributed by atoms with Crippen LogP contribution in [-0.2, 0) is 0 Å². The Kier molecular flexibility index (Phi) is 5.66. The third kappa shape index (κ3) is 3.97. The van der Waals surface area contributed by atoms with Gasteiger partial charge < -0.3 is 18.6 Å². The zero-order chi connectivity index (χ0) is 29.5. The maximum absolute atomic E-state index is 10.1. The van der Waals surface area contributed by atoms with Crippen LogP contribution in [0.15, 0.2) is 75.6 Å². The Morgan fingerprint density at radius 3 is 1.66 bits per heavy atom. The van der Waals surface area contributed by atoms with E-state index in [1.54, 1.807) is 0 Å². The minimum Gasteiger partial charge on any atom is -0.456 e. The molecule has 9 rings (SSSR count). The molecule has 4 heterocycles. The highest BCUT2D eigenvalue weighted by Gasteiger charge is 2.22. The van der Waals surface area contributed by atoms with Crippen molar-refractivity contribution in [3.63, 3.8) is 0 Å².